The molecule has 1 amide bonds. The van der Waals surface area contributed by atoms with Crippen LogP contribution in [0.15, 0.2) is 61.1 Å². The van der Waals surface area contributed by atoms with Gasteiger partial charge in [-0.1, -0.05) is 30.3 Å². The Hall–Kier alpha value is -2.99. The highest BCUT2D eigenvalue weighted by Crippen LogP contribution is 2.21. The van der Waals surface area contributed by atoms with Crippen molar-refractivity contribution >= 4 is 5.91 Å². The largest absolute Gasteiger partial charge is 0.354 e. The van der Waals surface area contributed by atoms with Crippen LogP contribution in [0.2, 0.25) is 0 Å². The van der Waals surface area contributed by atoms with Crippen molar-refractivity contribution in [1.82, 2.24) is 25.4 Å². The Kier molecular flexibility index (Phi) is 6.92. The predicted molar refractivity (Wildman–Crippen MR) is 111 cm³/mol. The summed E-state index contributed by atoms with van der Waals surface area (Å²) in [4.78, 5) is 16.0. The maximum absolute atomic E-state index is 11.8. The molecule has 0 aliphatic carbocycles. The number of carbonyl (C=O) groups excluding carboxylic acids is 1. The van der Waals surface area contributed by atoms with E-state index in [1.54, 1.807) is 6.20 Å². The van der Waals surface area contributed by atoms with E-state index in [1.807, 2.05) is 55.1 Å². The monoisotopic (exact) mass is 377 g/mol. The molecule has 28 heavy (non-hydrogen) atoms. The lowest BCUT2D eigenvalue weighted by molar-refractivity contribution is -0.121. The molecule has 2 heterocycles. The number of nitrogens with zero attached hydrogens (tertiary/aromatic N) is 3. The van der Waals surface area contributed by atoms with Gasteiger partial charge in [-0.05, 0) is 31.5 Å². The molecule has 6 heteroatoms. The second kappa shape index (κ2) is 9.80. The topological polar surface area (TPSA) is 71.8 Å². The molecule has 0 spiro atoms. The van der Waals surface area contributed by atoms with Gasteiger partial charge in [-0.2, -0.15) is 5.10 Å². The van der Waals surface area contributed by atoms with Crippen LogP contribution in [-0.4, -0.2) is 33.3 Å². The Morgan fingerprint density at radius 2 is 1.96 bits per heavy atom. The van der Waals surface area contributed by atoms with Gasteiger partial charge in [0.05, 0.1) is 12.2 Å². The zero-order chi connectivity index (χ0) is 19.8. The van der Waals surface area contributed by atoms with E-state index in [0.717, 1.165) is 16.8 Å². The van der Waals surface area contributed by atoms with Crippen LogP contribution in [0.25, 0.3) is 11.3 Å². The van der Waals surface area contributed by atoms with Gasteiger partial charge >= 0.3 is 0 Å². The van der Waals surface area contributed by atoms with E-state index in [2.05, 4.69) is 33.9 Å². The molecule has 0 saturated heterocycles. The normalized spacial score (nSPS) is 11.0. The number of aromatic nitrogens is 3. The molecular formula is C22H27N5O. The van der Waals surface area contributed by atoms with Crippen molar-refractivity contribution in [3.05, 3.63) is 72.2 Å². The van der Waals surface area contributed by atoms with Gasteiger partial charge in [0.25, 0.3) is 0 Å². The summed E-state index contributed by atoms with van der Waals surface area (Å²) in [5.74, 6) is 0.0646. The van der Waals surface area contributed by atoms with E-state index in [-0.39, 0.29) is 11.9 Å². The average molecular weight is 377 g/mol. The lowest BCUT2D eigenvalue weighted by atomic mass is 10.1. The van der Waals surface area contributed by atoms with Crippen LogP contribution in [0.4, 0.5) is 0 Å². The van der Waals surface area contributed by atoms with Gasteiger partial charge in [-0.3, -0.25) is 14.5 Å². The molecule has 0 aliphatic rings. The van der Waals surface area contributed by atoms with Crippen LogP contribution in [0.1, 0.15) is 31.4 Å². The van der Waals surface area contributed by atoms with E-state index in [4.69, 9.17) is 5.10 Å². The van der Waals surface area contributed by atoms with Crippen molar-refractivity contribution in [3.8, 4) is 11.3 Å². The molecule has 0 saturated carbocycles. The van der Waals surface area contributed by atoms with Gasteiger partial charge in [0.1, 0.15) is 0 Å². The molecule has 3 aromatic rings. The molecule has 0 atom stereocenters. The maximum Gasteiger partial charge on any atom is 0.221 e. The first kappa shape index (κ1) is 19.8. The van der Waals surface area contributed by atoms with Crippen molar-refractivity contribution in [2.45, 2.75) is 39.4 Å². The van der Waals surface area contributed by atoms with Crippen LogP contribution in [0, 0.1) is 0 Å². The Morgan fingerprint density at radius 3 is 2.68 bits per heavy atom. The predicted octanol–water partition coefficient (Wildman–Crippen LogP) is 3.00. The summed E-state index contributed by atoms with van der Waals surface area (Å²) < 4.78 is 1.96. The van der Waals surface area contributed by atoms with Crippen molar-refractivity contribution in [2.24, 2.45) is 0 Å². The van der Waals surface area contributed by atoms with Gasteiger partial charge in [0.2, 0.25) is 5.91 Å². The lowest BCUT2D eigenvalue weighted by Crippen LogP contribution is -2.32. The highest BCUT2D eigenvalue weighted by atomic mass is 16.1. The Balaban J connectivity index is 1.68. The summed E-state index contributed by atoms with van der Waals surface area (Å²) in [6, 6.07) is 14.4. The summed E-state index contributed by atoms with van der Waals surface area (Å²) >= 11 is 0. The third-order valence-corrected chi connectivity index (χ3v) is 4.25. The molecule has 0 fully saturated rings. The smallest absolute Gasteiger partial charge is 0.221 e. The van der Waals surface area contributed by atoms with Crippen LogP contribution in [0.5, 0.6) is 0 Å². The second-order valence-electron chi connectivity index (χ2n) is 7.08. The number of hydrogen-bond acceptors (Lipinski definition) is 4. The minimum Gasteiger partial charge on any atom is -0.354 e. The summed E-state index contributed by atoms with van der Waals surface area (Å²) in [6.45, 7) is 5.91. The quantitative estimate of drug-likeness (QED) is 0.563. The fraction of sp³-hybridized carbons (Fsp3) is 0.318. The first-order valence-electron chi connectivity index (χ1n) is 9.62. The van der Waals surface area contributed by atoms with Crippen LogP contribution in [-0.2, 0) is 17.9 Å². The molecule has 6 nitrogen and oxygen atoms in total. The van der Waals surface area contributed by atoms with E-state index in [0.29, 0.717) is 26.1 Å². The second-order valence-corrected chi connectivity index (χ2v) is 7.08. The lowest BCUT2D eigenvalue weighted by Gasteiger charge is -2.09. The number of nitrogens with one attached hydrogen (secondary N) is 2. The zero-order valence-corrected chi connectivity index (χ0v) is 16.4. The van der Waals surface area contributed by atoms with Crippen molar-refractivity contribution < 1.29 is 4.79 Å². The van der Waals surface area contributed by atoms with Gasteiger partial charge in [0, 0.05) is 55.3 Å². The first-order valence-corrected chi connectivity index (χ1v) is 9.62. The molecule has 2 N–H and O–H groups in total. The highest BCUT2D eigenvalue weighted by molar-refractivity contribution is 5.76. The van der Waals surface area contributed by atoms with E-state index in [9.17, 15) is 4.79 Å². The highest BCUT2D eigenvalue weighted by Gasteiger charge is 2.12. The Bertz CT molecular complexity index is 874. The molecule has 0 bridgehead atoms. The molecule has 2 aromatic heterocycles. The summed E-state index contributed by atoms with van der Waals surface area (Å²) in [5, 5.41) is 11.1. The fourth-order valence-corrected chi connectivity index (χ4v) is 3.01. The average Bonchev–Trinajstić information content (AvgIpc) is 3.09. The third kappa shape index (κ3) is 5.76. The molecule has 0 aliphatic heterocycles. The maximum atomic E-state index is 11.8. The van der Waals surface area contributed by atoms with Gasteiger partial charge in [0.15, 0.2) is 0 Å². The summed E-state index contributed by atoms with van der Waals surface area (Å²) in [6.07, 6.45) is 6.11. The minimum absolute atomic E-state index is 0.0646. The van der Waals surface area contributed by atoms with Crippen molar-refractivity contribution in [3.63, 3.8) is 0 Å². The molecular weight excluding hydrogens is 350 g/mol. The van der Waals surface area contributed by atoms with E-state index >= 15 is 0 Å². The molecule has 146 valence electrons. The fourth-order valence-electron chi connectivity index (χ4n) is 3.01. The molecule has 3 rings (SSSR count). The Labute approximate surface area is 166 Å². The van der Waals surface area contributed by atoms with E-state index in [1.165, 1.54) is 5.56 Å². The van der Waals surface area contributed by atoms with Crippen LogP contribution >= 0.6 is 0 Å². The van der Waals surface area contributed by atoms with Crippen molar-refractivity contribution in [2.75, 3.05) is 6.54 Å². The number of rotatable bonds is 9. The minimum atomic E-state index is 0.0646. The van der Waals surface area contributed by atoms with Crippen LogP contribution in [0.3, 0.4) is 0 Å². The number of amides is 1. The SMILES string of the molecule is CC(C)NC(=O)CCNCc1cn(Cc2ccccc2)nc1-c1cccnc1. The molecule has 0 unspecified atom stereocenters. The zero-order valence-electron chi connectivity index (χ0n) is 16.4. The van der Waals surface area contributed by atoms with Crippen LogP contribution < -0.4 is 10.6 Å². The number of carbonyl (C=O) groups is 1. The van der Waals surface area contributed by atoms with Gasteiger partial charge in [-0.15, -0.1) is 0 Å². The number of pyridine rings is 1. The Morgan fingerprint density at radius 1 is 1.14 bits per heavy atom. The summed E-state index contributed by atoms with van der Waals surface area (Å²) in [5.41, 5.74) is 4.20. The molecule has 1 aromatic carbocycles. The third-order valence-electron chi connectivity index (χ3n) is 4.25. The molecule has 0 radical (unpaired) electrons. The van der Waals surface area contributed by atoms with Gasteiger partial charge in [-0.25, -0.2) is 0 Å². The number of hydrogen-bond donors (Lipinski definition) is 2. The first-order chi connectivity index (χ1) is 13.6. The van der Waals surface area contributed by atoms with Crippen molar-refractivity contribution in [1.29, 1.82) is 0 Å². The summed E-state index contributed by atoms with van der Waals surface area (Å²) in [7, 11) is 0. The number of benzene rings is 1. The van der Waals surface area contributed by atoms with E-state index < -0.39 is 0 Å². The van der Waals surface area contributed by atoms with Gasteiger partial charge < -0.3 is 10.6 Å². The standard InChI is InChI=1S/C22H27N5O/c1-17(2)25-21(28)10-12-24-14-20-16-27(15-18-7-4-3-5-8-18)26-22(20)19-9-6-11-23-13-19/h3-9,11,13,16-17,24H,10,12,14-15H2,1-2H3,(H,25,28).